The summed E-state index contributed by atoms with van der Waals surface area (Å²) in [5.41, 5.74) is -0.974. The minimum absolute atomic E-state index is 0.126. The van der Waals surface area contributed by atoms with Gasteiger partial charge in [0.25, 0.3) is 0 Å². The molecular formula is C7H6F3N2O2-. The first-order chi connectivity index (χ1) is 6.30. The number of hydrogen-bond acceptors (Lipinski definition) is 3. The van der Waals surface area contributed by atoms with Crippen molar-refractivity contribution in [3.8, 4) is 0 Å². The van der Waals surface area contributed by atoms with E-state index in [1.54, 1.807) is 0 Å². The van der Waals surface area contributed by atoms with Gasteiger partial charge in [0, 0.05) is 5.69 Å². The Labute approximate surface area is 77.0 Å². The second kappa shape index (κ2) is 3.32. The zero-order chi connectivity index (χ0) is 10.9. The van der Waals surface area contributed by atoms with Crippen molar-refractivity contribution in [1.82, 2.24) is 9.78 Å². The quantitative estimate of drug-likeness (QED) is 0.683. The lowest BCUT2D eigenvalue weighted by Gasteiger charge is -2.04. The van der Waals surface area contributed by atoms with Crippen LogP contribution in [0, 0.1) is 6.92 Å². The molecule has 4 nitrogen and oxygen atoms in total. The van der Waals surface area contributed by atoms with Gasteiger partial charge in [-0.15, -0.1) is 0 Å². The second-order valence-electron chi connectivity index (χ2n) is 2.70. The maximum Gasteiger partial charge on any atom is 0.435 e. The van der Waals surface area contributed by atoms with Gasteiger partial charge >= 0.3 is 6.18 Å². The minimum Gasteiger partial charge on any atom is -0.548 e. The molecule has 0 spiro atoms. The average Bonchev–Trinajstić information content (AvgIpc) is 2.30. The van der Waals surface area contributed by atoms with Gasteiger partial charge in [0.15, 0.2) is 5.69 Å². The van der Waals surface area contributed by atoms with E-state index >= 15 is 0 Å². The van der Waals surface area contributed by atoms with E-state index in [1.165, 1.54) is 6.92 Å². The van der Waals surface area contributed by atoms with E-state index in [2.05, 4.69) is 5.10 Å². The summed E-state index contributed by atoms with van der Waals surface area (Å²) in [7, 11) is 0. The summed E-state index contributed by atoms with van der Waals surface area (Å²) in [5.74, 6) is -1.48. The van der Waals surface area contributed by atoms with Crippen molar-refractivity contribution in [1.29, 1.82) is 0 Å². The average molecular weight is 207 g/mol. The third-order valence-corrected chi connectivity index (χ3v) is 1.55. The predicted octanol–water partition coefficient (Wildman–Crippen LogP) is -0.0398. The molecule has 1 rings (SSSR count). The fraction of sp³-hybridized carbons (Fsp3) is 0.429. The molecule has 0 atom stereocenters. The van der Waals surface area contributed by atoms with Gasteiger partial charge in [0.1, 0.15) is 0 Å². The van der Waals surface area contributed by atoms with Crippen molar-refractivity contribution in [3.05, 3.63) is 17.5 Å². The molecule has 14 heavy (non-hydrogen) atoms. The van der Waals surface area contributed by atoms with Gasteiger partial charge in [0.2, 0.25) is 0 Å². The van der Waals surface area contributed by atoms with Gasteiger partial charge in [0.05, 0.1) is 12.5 Å². The molecule has 1 aromatic rings. The normalized spacial score (nSPS) is 11.7. The monoisotopic (exact) mass is 207 g/mol. The molecule has 78 valence electrons. The Morgan fingerprint density at radius 2 is 2.21 bits per heavy atom. The standard InChI is InChI=1S/C7H7F3N2O2/c1-4-2-5(7(8,9)10)11-12(4)3-6(13)14/h2H,3H2,1H3,(H,13,14)/p-1. The number of carbonyl (C=O) groups excluding carboxylic acids is 1. The second-order valence-corrected chi connectivity index (χ2v) is 2.70. The number of aromatic nitrogens is 2. The van der Waals surface area contributed by atoms with Crippen LogP contribution in [-0.4, -0.2) is 15.7 Å². The lowest BCUT2D eigenvalue weighted by atomic mass is 10.4. The smallest absolute Gasteiger partial charge is 0.435 e. The zero-order valence-electron chi connectivity index (χ0n) is 7.13. The first kappa shape index (κ1) is 10.6. The molecule has 7 heteroatoms. The Bertz CT molecular complexity index is 356. The van der Waals surface area contributed by atoms with E-state index in [1.807, 2.05) is 0 Å². The number of halogens is 3. The van der Waals surface area contributed by atoms with Gasteiger partial charge in [-0.2, -0.15) is 18.3 Å². The highest BCUT2D eigenvalue weighted by Gasteiger charge is 2.34. The van der Waals surface area contributed by atoms with E-state index in [-0.39, 0.29) is 5.69 Å². The van der Waals surface area contributed by atoms with Gasteiger partial charge in [-0.25, -0.2) is 0 Å². The third-order valence-electron chi connectivity index (χ3n) is 1.55. The van der Waals surface area contributed by atoms with Crippen molar-refractivity contribution in [2.45, 2.75) is 19.6 Å². The third kappa shape index (κ3) is 2.24. The summed E-state index contributed by atoms with van der Waals surface area (Å²) in [6.45, 7) is 0.660. The maximum atomic E-state index is 12.1. The van der Waals surface area contributed by atoms with E-state index < -0.39 is 24.4 Å². The van der Waals surface area contributed by atoms with E-state index in [4.69, 9.17) is 0 Å². The molecule has 0 unspecified atom stereocenters. The number of aryl methyl sites for hydroxylation is 1. The predicted molar refractivity (Wildman–Crippen MR) is 37.0 cm³/mol. The van der Waals surface area contributed by atoms with Crippen LogP contribution in [0.5, 0.6) is 0 Å². The van der Waals surface area contributed by atoms with E-state index in [0.717, 1.165) is 10.7 Å². The lowest BCUT2D eigenvalue weighted by molar-refractivity contribution is -0.306. The summed E-state index contributed by atoms with van der Waals surface area (Å²) in [6, 6.07) is 0.781. The van der Waals surface area contributed by atoms with Crippen LogP contribution in [0.1, 0.15) is 11.4 Å². The molecule has 1 aromatic heterocycles. The Balaban J connectivity index is 2.99. The highest BCUT2D eigenvalue weighted by Crippen LogP contribution is 2.28. The number of hydrogen-bond donors (Lipinski definition) is 0. The number of nitrogens with zero attached hydrogens (tertiary/aromatic N) is 2. The fourth-order valence-electron chi connectivity index (χ4n) is 0.931. The Morgan fingerprint density at radius 1 is 1.64 bits per heavy atom. The maximum absolute atomic E-state index is 12.1. The van der Waals surface area contributed by atoms with Crippen LogP contribution in [0.15, 0.2) is 6.07 Å². The molecule has 0 bridgehead atoms. The molecule has 0 amide bonds. The number of carboxylic acid groups (broad SMARTS) is 1. The lowest BCUT2D eigenvalue weighted by Crippen LogP contribution is -2.28. The van der Waals surface area contributed by atoms with Crippen LogP contribution >= 0.6 is 0 Å². The zero-order valence-corrected chi connectivity index (χ0v) is 7.13. The van der Waals surface area contributed by atoms with Crippen molar-refractivity contribution < 1.29 is 23.1 Å². The molecule has 0 aliphatic carbocycles. The first-order valence-corrected chi connectivity index (χ1v) is 3.62. The minimum atomic E-state index is -4.55. The van der Waals surface area contributed by atoms with Gasteiger partial charge in [-0.3, -0.25) is 4.68 Å². The molecule has 0 radical (unpaired) electrons. The van der Waals surface area contributed by atoms with Crippen LogP contribution in [0.25, 0.3) is 0 Å². The van der Waals surface area contributed by atoms with Gasteiger partial charge in [-0.1, -0.05) is 0 Å². The van der Waals surface area contributed by atoms with Crippen LogP contribution < -0.4 is 5.11 Å². The highest BCUT2D eigenvalue weighted by atomic mass is 19.4. The molecule has 0 saturated carbocycles. The largest absolute Gasteiger partial charge is 0.548 e. The van der Waals surface area contributed by atoms with Crippen LogP contribution in [0.4, 0.5) is 13.2 Å². The molecule has 0 fully saturated rings. The summed E-state index contributed by atoms with van der Waals surface area (Å²) in [5, 5.41) is 13.2. The number of carboxylic acids is 1. The highest BCUT2D eigenvalue weighted by molar-refractivity contribution is 5.64. The summed E-state index contributed by atoms with van der Waals surface area (Å²) in [4.78, 5) is 10.1. The van der Waals surface area contributed by atoms with Crippen LogP contribution in [-0.2, 0) is 17.5 Å². The molecule has 1 heterocycles. The Kier molecular flexibility index (Phi) is 2.50. The fourth-order valence-corrected chi connectivity index (χ4v) is 0.931. The molecule has 0 aromatic carbocycles. The number of alkyl halides is 3. The summed E-state index contributed by atoms with van der Waals surface area (Å²) in [6.07, 6.45) is -4.55. The summed E-state index contributed by atoms with van der Waals surface area (Å²) >= 11 is 0. The molecule has 0 aliphatic rings. The van der Waals surface area contributed by atoms with Crippen molar-refractivity contribution in [2.24, 2.45) is 0 Å². The molecule has 0 aliphatic heterocycles. The first-order valence-electron chi connectivity index (χ1n) is 3.62. The number of carbonyl (C=O) groups is 1. The Hall–Kier alpha value is -1.53. The Morgan fingerprint density at radius 3 is 2.57 bits per heavy atom. The van der Waals surface area contributed by atoms with Gasteiger partial charge < -0.3 is 9.90 Å². The molecule has 0 saturated heterocycles. The topological polar surface area (TPSA) is 58.0 Å². The molecular weight excluding hydrogens is 201 g/mol. The number of rotatable bonds is 2. The van der Waals surface area contributed by atoms with E-state index in [0.29, 0.717) is 0 Å². The van der Waals surface area contributed by atoms with Crippen molar-refractivity contribution in [2.75, 3.05) is 0 Å². The van der Waals surface area contributed by atoms with Crippen LogP contribution in [0.2, 0.25) is 0 Å². The van der Waals surface area contributed by atoms with E-state index in [9.17, 15) is 23.1 Å². The summed E-state index contributed by atoms with van der Waals surface area (Å²) < 4.78 is 37.0. The SMILES string of the molecule is Cc1cc(C(F)(F)F)nn1CC(=O)[O-]. The number of aliphatic carboxylic acids is 1. The van der Waals surface area contributed by atoms with Crippen LogP contribution in [0.3, 0.4) is 0 Å². The molecule has 0 N–H and O–H groups in total. The van der Waals surface area contributed by atoms with Crippen molar-refractivity contribution in [3.63, 3.8) is 0 Å². The van der Waals surface area contributed by atoms with Gasteiger partial charge in [-0.05, 0) is 13.0 Å². The van der Waals surface area contributed by atoms with Crippen molar-refractivity contribution >= 4 is 5.97 Å².